The van der Waals surface area contributed by atoms with E-state index in [1.54, 1.807) is 0 Å². The lowest BCUT2D eigenvalue weighted by Gasteiger charge is -2.30. The topological polar surface area (TPSA) is 27.3 Å². The third-order valence-electron chi connectivity index (χ3n) is 3.39. The van der Waals surface area contributed by atoms with Crippen LogP contribution in [0.15, 0.2) is 0 Å². The third-order valence-corrected chi connectivity index (χ3v) is 3.39. The van der Waals surface area contributed by atoms with E-state index in [0.717, 1.165) is 17.9 Å². The largest absolute Gasteiger partial charge is 0.314 e. The Morgan fingerprint density at radius 3 is 2.18 bits per heavy atom. The van der Waals surface area contributed by atoms with E-state index in [2.05, 4.69) is 43.2 Å². The van der Waals surface area contributed by atoms with Gasteiger partial charge in [0.05, 0.1) is 0 Å². The molecular weight excluding hydrogens is 210 g/mol. The van der Waals surface area contributed by atoms with E-state index in [9.17, 15) is 0 Å². The third kappa shape index (κ3) is 6.39. The van der Waals surface area contributed by atoms with Gasteiger partial charge in [-0.1, -0.05) is 20.8 Å². The Morgan fingerprint density at radius 2 is 1.71 bits per heavy atom. The summed E-state index contributed by atoms with van der Waals surface area (Å²) in [4.78, 5) is 2.60. The number of nitrogens with one attached hydrogen (secondary N) is 2. The Hall–Kier alpha value is -0.120. The van der Waals surface area contributed by atoms with Gasteiger partial charge in [-0.25, -0.2) is 0 Å². The summed E-state index contributed by atoms with van der Waals surface area (Å²) in [5.74, 6) is 1.72. The molecule has 2 saturated heterocycles. The van der Waals surface area contributed by atoms with Crippen LogP contribution in [0.2, 0.25) is 0 Å². The molecule has 2 fully saturated rings. The fourth-order valence-electron chi connectivity index (χ4n) is 2.39. The highest BCUT2D eigenvalue weighted by Crippen LogP contribution is 2.16. The van der Waals surface area contributed by atoms with Gasteiger partial charge in [0.15, 0.2) is 0 Å². The highest BCUT2D eigenvalue weighted by molar-refractivity contribution is 4.83. The molecule has 17 heavy (non-hydrogen) atoms. The maximum absolute atomic E-state index is 3.52. The minimum atomic E-state index is 0.731. The number of rotatable bonds is 2. The van der Waals surface area contributed by atoms with E-state index in [4.69, 9.17) is 0 Å². The van der Waals surface area contributed by atoms with E-state index in [1.165, 1.54) is 45.7 Å². The van der Waals surface area contributed by atoms with Crippen molar-refractivity contribution in [1.29, 1.82) is 0 Å². The zero-order valence-electron chi connectivity index (χ0n) is 12.1. The van der Waals surface area contributed by atoms with Crippen LogP contribution in [-0.2, 0) is 0 Å². The Bertz CT molecular complexity index is 185. The molecule has 102 valence electrons. The molecule has 2 unspecified atom stereocenters. The first-order valence-corrected chi connectivity index (χ1v) is 7.26. The standard InChI is InChI=1S/C10H21N3.C4H10/c1-9-10(2-3-12-9)8-13-6-4-11-5-7-13;1-4(2)3/h9-12H,2-8H2,1H3;4H,1-3H3. The lowest BCUT2D eigenvalue weighted by atomic mass is 10.0. The molecule has 0 aromatic carbocycles. The van der Waals surface area contributed by atoms with Crippen molar-refractivity contribution in [2.75, 3.05) is 39.3 Å². The predicted octanol–water partition coefficient (Wildman–Crippen LogP) is 1.55. The van der Waals surface area contributed by atoms with Crippen molar-refractivity contribution in [1.82, 2.24) is 15.5 Å². The lowest BCUT2D eigenvalue weighted by Crippen LogP contribution is -2.46. The van der Waals surface area contributed by atoms with Crippen molar-refractivity contribution < 1.29 is 0 Å². The van der Waals surface area contributed by atoms with Crippen molar-refractivity contribution in [3.8, 4) is 0 Å². The quantitative estimate of drug-likeness (QED) is 0.768. The first kappa shape index (κ1) is 14.9. The number of piperazine rings is 1. The normalized spacial score (nSPS) is 30.2. The van der Waals surface area contributed by atoms with Crippen LogP contribution < -0.4 is 10.6 Å². The van der Waals surface area contributed by atoms with E-state index < -0.39 is 0 Å². The minimum absolute atomic E-state index is 0.731. The number of hydrogen-bond acceptors (Lipinski definition) is 3. The molecule has 2 N–H and O–H groups in total. The molecule has 3 heteroatoms. The minimum Gasteiger partial charge on any atom is -0.314 e. The highest BCUT2D eigenvalue weighted by Gasteiger charge is 2.25. The molecule has 0 aliphatic carbocycles. The van der Waals surface area contributed by atoms with E-state index >= 15 is 0 Å². The second kappa shape index (κ2) is 8.06. The SMILES string of the molecule is CC(C)C.CC1NCCC1CN1CCNCC1. The van der Waals surface area contributed by atoms with Crippen LogP contribution >= 0.6 is 0 Å². The maximum Gasteiger partial charge on any atom is 0.0107 e. The van der Waals surface area contributed by atoms with Gasteiger partial charge in [-0.05, 0) is 31.7 Å². The molecule has 2 aliphatic heterocycles. The summed E-state index contributed by atoms with van der Waals surface area (Å²) in [6.07, 6.45) is 1.37. The van der Waals surface area contributed by atoms with Crippen LogP contribution in [0.5, 0.6) is 0 Å². The fourth-order valence-corrected chi connectivity index (χ4v) is 2.39. The second-order valence-corrected chi connectivity index (χ2v) is 6.07. The van der Waals surface area contributed by atoms with Gasteiger partial charge in [-0.15, -0.1) is 0 Å². The van der Waals surface area contributed by atoms with Gasteiger partial charge in [-0.2, -0.15) is 0 Å². The van der Waals surface area contributed by atoms with E-state index in [0.29, 0.717) is 0 Å². The molecule has 0 amide bonds. The molecule has 0 saturated carbocycles. The van der Waals surface area contributed by atoms with Gasteiger partial charge in [0.2, 0.25) is 0 Å². The van der Waals surface area contributed by atoms with Gasteiger partial charge < -0.3 is 15.5 Å². The first-order chi connectivity index (χ1) is 8.09. The Kier molecular flexibility index (Phi) is 7.09. The molecule has 2 rings (SSSR count). The summed E-state index contributed by atoms with van der Waals surface area (Å²) >= 11 is 0. The fraction of sp³-hybridized carbons (Fsp3) is 1.00. The Labute approximate surface area is 107 Å². The van der Waals surface area contributed by atoms with Crippen LogP contribution in [0, 0.1) is 11.8 Å². The highest BCUT2D eigenvalue weighted by atomic mass is 15.2. The van der Waals surface area contributed by atoms with Crippen molar-refractivity contribution in [2.45, 2.75) is 40.2 Å². The number of nitrogens with zero attached hydrogens (tertiary/aromatic N) is 1. The predicted molar refractivity (Wildman–Crippen MR) is 75.4 cm³/mol. The van der Waals surface area contributed by atoms with Gasteiger partial charge in [0, 0.05) is 38.8 Å². The average molecular weight is 241 g/mol. The van der Waals surface area contributed by atoms with Crippen LogP contribution in [0.4, 0.5) is 0 Å². The van der Waals surface area contributed by atoms with Crippen LogP contribution in [-0.4, -0.2) is 50.2 Å². The van der Waals surface area contributed by atoms with Crippen molar-refractivity contribution in [2.24, 2.45) is 11.8 Å². The number of hydrogen-bond donors (Lipinski definition) is 2. The van der Waals surface area contributed by atoms with Crippen LogP contribution in [0.25, 0.3) is 0 Å². The molecule has 0 aromatic rings. The molecule has 0 spiro atoms. The maximum atomic E-state index is 3.52. The van der Waals surface area contributed by atoms with Gasteiger partial charge in [0.25, 0.3) is 0 Å². The molecule has 2 heterocycles. The summed E-state index contributed by atoms with van der Waals surface area (Å²) < 4.78 is 0. The average Bonchev–Trinajstić information content (AvgIpc) is 2.65. The van der Waals surface area contributed by atoms with E-state index in [-0.39, 0.29) is 0 Å². The summed E-state index contributed by atoms with van der Waals surface area (Å²) in [6.45, 7) is 16.2. The smallest absolute Gasteiger partial charge is 0.0107 e. The van der Waals surface area contributed by atoms with Crippen molar-refractivity contribution >= 4 is 0 Å². The molecule has 2 aliphatic rings. The Morgan fingerprint density at radius 1 is 1.12 bits per heavy atom. The summed E-state index contributed by atoms with van der Waals surface area (Å²) in [5, 5.41) is 6.91. The molecular formula is C14H31N3. The summed E-state index contributed by atoms with van der Waals surface area (Å²) in [7, 11) is 0. The molecule has 0 aromatic heterocycles. The van der Waals surface area contributed by atoms with Crippen LogP contribution in [0.1, 0.15) is 34.1 Å². The molecule has 0 radical (unpaired) electrons. The summed E-state index contributed by atoms with van der Waals surface area (Å²) in [6, 6.07) is 0.731. The van der Waals surface area contributed by atoms with Crippen molar-refractivity contribution in [3.05, 3.63) is 0 Å². The lowest BCUT2D eigenvalue weighted by molar-refractivity contribution is 0.200. The molecule has 2 atom stereocenters. The second-order valence-electron chi connectivity index (χ2n) is 6.07. The van der Waals surface area contributed by atoms with Gasteiger partial charge in [0.1, 0.15) is 0 Å². The Balaban J connectivity index is 0.000000317. The van der Waals surface area contributed by atoms with Crippen LogP contribution in [0.3, 0.4) is 0 Å². The first-order valence-electron chi connectivity index (χ1n) is 7.26. The summed E-state index contributed by atoms with van der Waals surface area (Å²) in [5.41, 5.74) is 0. The molecule has 3 nitrogen and oxygen atoms in total. The van der Waals surface area contributed by atoms with Gasteiger partial charge >= 0.3 is 0 Å². The molecule has 0 bridgehead atoms. The van der Waals surface area contributed by atoms with Gasteiger partial charge in [-0.3, -0.25) is 0 Å². The zero-order chi connectivity index (χ0) is 12.7. The monoisotopic (exact) mass is 241 g/mol. The van der Waals surface area contributed by atoms with Crippen molar-refractivity contribution in [3.63, 3.8) is 0 Å². The zero-order valence-corrected chi connectivity index (χ0v) is 12.1. The van der Waals surface area contributed by atoms with E-state index in [1.807, 2.05) is 0 Å².